The number of ether oxygens (including phenoxy) is 3. The third kappa shape index (κ3) is 5.82. The molecular weight excluding hydrogens is 648 g/mol. The van der Waals surface area contributed by atoms with Crippen LogP contribution in [0.15, 0.2) is 28.4 Å². The maximum Gasteiger partial charge on any atom is 0.202 e. The van der Waals surface area contributed by atoms with Crippen molar-refractivity contribution < 1.29 is 49.4 Å². The zero-order valence-electron chi connectivity index (χ0n) is 29.4. The molecule has 270 valence electrons. The van der Waals surface area contributed by atoms with E-state index in [0.29, 0.717) is 18.6 Å². The van der Waals surface area contributed by atoms with Gasteiger partial charge < -0.3 is 45.6 Å². The van der Waals surface area contributed by atoms with Gasteiger partial charge in [0, 0.05) is 71.6 Å². The SMILES string of the molecule is COc1cccc2c1C(=O)c1c(O)c3c(c(O)c1C2=O)C[C@@](O)(C(C)=NN=C1CC(C)(C)N(O)C(C)(C)C1)C[C@@H]3O[C@H]1C[C@H](N)[C@H](O)[C@H](C)O1. The van der Waals surface area contributed by atoms with Crippen LogP contribution >= 0.6 is 0 Å². The van der Waals surface area contributed by atoms with Crippen LogP contribution in [0, 0.1) is 0 Å². The molecule has 0 radical (unpaired) electrons. The van der Waals surface area contributed by atoms with Gasteiger partial charge >= 0.3 is 0 Å². The zero-order chi connectivity index (χ0) is 36.7. The van der Waals surface area contributed by atoms with E-state index >= 15 is 0 Å². The number of rotatable bonds is 5. The molecule has 2 heterocycles. The summed E-state index contributed by atoms with van der Waals surface area (Å²) in [5.74, 6) is -2.43. The van der Waals surface area contributed by atoms with Crippen LogP contribution in [0.1, 0.15) is 116 Å². The van der Waals surface area contributed by atoms with E-state index in [1.54, 1.807) is 19.9 Å². The Bertz CT molecular complexity index is 1790. The number of carbonyl (C=O) groups excluding carboxylic acids is 2. The number of aliphatic hydroxyl groups excluding tert-OH is 1. The van der Waals surface area contributed by atoms with Crippen LogP contribution in [0.5, 0.6) is 17.2 Å². The highest BCUT2D eigenvalue weighted by molar-refractivity contribution is 6.31. The first-order valence-electron chi connectivity index (χ1n) is 16.7. The lowest BCUT2D eigenvalue weighted by Crippen LogP contribution is -2.59. The van der Waals surface area contributed by atoms with Crippen LogP contribution in [0.2, 0.25) is 0 Å². The number of nitrogens with two attached hydrogens (primary N) is 1. The van der Waals surface area contributed by atoms with E-state index in [0.717, 1.165) is 0 Å². The number of ketones is 2. The van der Waals surface area contributed by atoms with Crippen LogP contribution < -0.4 is 10.5 Å². The highest BCUT2D eigenvalue weighted by Crippen LogP contribution is 2.52. The van der Waals surface area contributed by atoms with Gasteiger partial charge in [0.2, 0.25) is 5.78 Å². The standard InChI is InChI=1S/C36H46N4O10/c1-16-29(41)21(37)11-24(49-16)50-23-15-36(46,17(2)38-39-18-12-34(3,4)40(47)35(5,6)13-18)14-20-26(23)33(45)28-27(31(20)43)30(42)19-9-8-10-22(48-7)25(19)32(28)44/h8-10,16,21,23-24,29,41,43,45-47H,11-15,37H2,1-7H3/t16-,21-,23-,24-,29+,36-/m0/s1. The highest BCUT2D eigenvalue weighted by atomic mass is 16.7. The summed E-state index contributed by atoms with van der Waals surface area (Å²) in [6.07, 6.45) is -3.44. The first-order chi connectivity index (χ1) is 23.3. The summed E-state index contributed by atoms with van der Waals surface area (Å²) >= 11 is 0. The molecule has 6 rings (SSSR count). The number of hydrogen-bond donors (Lipinski definition) is 6. The minimum Gasteiger partial charge on any atom is -0.507 e. The van der Waals surface area contributed by atoms with E-state index in [2.05, 4.69) is 10.2 Å². The van der Waals surface area contributed by atoms with Gasteiger partial charge in [0.05, 0.1) is 47.8 Å². The largest absolute Gasteiger partial charge is 0.507 e. The van der Waals surface area contributed by atoms with Gasteiger partial charge in [0.1, 0.15) is 22.8 Å². The van der Waals surface area contributed by atoms with Crippen LogP contribution in [0.25, 0.3) is 0 Å². The number of carbonyl (C=O) groups is 2. The molecule has 2 aromatic carbocycles. The molecule has 0 bridgehead atoms. The molecule has 50 heavy (non-hydrogen) atoms. The van der Waals surface area contributed by atoms with E-state index < -0.39 is 81.5 Å². The van der Waals surface area contributed by atoms with E-state index in [4.69, 9.17) is 19.9 Å². The molecule has 14 heteroatoms. The normalized spacial score (nSPS) is 30.7. The van der Waals surface area contributed by atoms with Crippen molar-refractivity contribution in [1.82, 2.24) is 5.06 Å². The van der Waals surface area contributed by atoms with Crippen LogP contribution in [0.3, 0.4) is 0 Å². The number of benzene rings is 2. The quantitative estimate of drug-likeness (QED) is 0.129. The lowest BCUT2D eigenvalue weighted by Gasteiger charge is -2.48. The Morgan fingerprint density at radius 3 is 2.28 bits per heavy atom. The highest BCUT2D eigenvalue weighted by Gasteiger charge is 2.49. The van der Waals surface area contributed by atoms with Crippen LogP contribution in [0.4, 0.5) is 0 Å². The summed E-state index contributed by atoms with van der Waals surface area (Å²) in [7, 11) is 1.36. The molecule has 6 atom stereocenters. The zero-order valence-corrected chi connectivity index (χ0v) is 29.4. The fourth-order valence-electron chi connectivity index (χ4n) is 8.01. The van der Waals surface area contributed by atoms with Gasteiger partial charge in [-0.25, -0.2) is 0 Å². The van der Waals surface area contributed by atoms with Crippen molar-refractivity contribution in [3.05, 3.63) is 51.6 Å². The lowest BCUT2D eigenvalue weighted by molar-refractivity contribution is -0.245. The molecule has 0 amide bonds. The number of hydrogen-bond acceptors (Lipinski definition) is 14. The topological polar surface area (TPSA) is 217 Å². The number of aliphatic hydroxyl groups is 2. The molecule has 0 saturated carbocycles. The number of phenols is 2. The van der Waals surface area contributed by atoms with Gasteiger partial charge in [-0.15, -0.1) is 0 Å². The molecule has 0 spiro atoms. The molecular formula is C36H46N4O10. The maximum atomic E-state index is 14.0. The van der Waals surface area contributed by atoms with E-state index in [-0.39, 0.29) is 53.0 Å². The van der Waals surface area contributed by atoms with Crippen molar-refractivity contribution in [3.63, 3.8) is 0 Å². The fourth-order valence-corrected chi connectivity index (χ4v) is 8.01. The van der Waals surface area contributed by atoms with Gasteiger partial charge in [-0.05, 0) is 47.6 Å². The molecule has 2 aliphatic heterocycles. The minimum absolute atomic E-state index is 0.000790. The van der Waals surface area contributed by atoms with Gasteiger partial charge in [-0.2, -0.15) is 15.3 Å². The Kier molecular flexibility index (Phi) is 8.99. The van der Waals surface area contributed by atoms with Crippen molar-refractivity contribution in [2.45, 2.75) is 121 Å². The second-order valence-electron chi connectivity index (χ2n) is 15.2. The predicted octanol–water partition coefficient (Wildman–Crippen LogP) is 3.30. The number of hydroxylamine groups is 2. The number of piperidine rings is 1. The van der Waals surface area contributed by atoms with Crippen LogP contribution in [-0.2, 0) is 15.9 Å². The van der Waals surface area contributed by atoms with E-state index in [1.165, 1.54) is 24.3 Å². The summed E-state index contributed by atoms with van der Waals surface area (Å²) in [6, 6.07) is 3.82. The minimum atomic E-state index is -1.81. The van der Waals surface area contributed by atoms with Gasteiger partial charge in [0.15, 0.2) is 12.1 Å². The summed E-state index contributed by atoms with van der Waals surface area (Å²) in [6.45, 7) is 10.8. The first kappa shape index (κ1) is 36.0. The smallest absolute Gasteiger partial charge is 0.202 e. The number of methoxy groups -OCH3 is 1. The molecule has 2 saturated heterocycles. The molecule has 2 aromatic rings. The molecule has 4 aliphatic rings. The van der Waals surface area contributed by atoms with Gasteiger partial charge in [0.25, 0.3) is 0 Å². The first-order valence-corrected chi connectivity index (χ1v) is 16.7. The number of phenolic OH excluding ortho intramolecular Hbond substituents is 2. The maximum absolute atomic E-state index is 14.0. The molecule has 7 N–H and O–H groups in total. The van der Waals surface area contributed by atoms with E-state index in [1.807, 2.05) is 27.7 Å². The second-order valence-corrected chi connectivity index (χ2v) is 15.2. The Hall–Kier alpha value is -3.76. The van der Waals surface area contributed by atoms with Crippen molar-refractivity contribution in [2.75, 3.05) is 7.11 Å². The molecule has 0 aromatic heterocycles. The third-order valence-corrected chi connectivity index (χ3v) is 10.6. The monoisotopic (exact) mass is 694 g/mol. The Morgan fingerprint density at radius 1 is 1.02 bits per heavy atom. The van der Waals surface area contributed by atoms with Gasteiger partial charge in [-0.1, -0.05) is 12.1 Å². The Balaban J connectivity index is 1.46. The summed E-state index contributed by atoms with van der Waals surface area (Å²) in [5.41, 5.74) is 3.18. The average Bonchev–Trinajstić information content (AvgIpc) is 3.04. The Labute approximate surface area is 290 Å². The fraction of sp³-hybridized carbons (Fsp3) is 0.556. The summed E-state index contributed by atoms with van der Waals surface area (Å²) in [4.78, 5) is 27.9. The van der Waals surface area contributed by atoms with Crippen molar-refractivity contribution in [2.24, 2.45) is 15.9 Å². The van der Waals surface area contributed by atoms with E-state index in [9.17, 15) is 35.2 Å². The average molecular weight is 695 g/mol. The van der Waals surface area contributed by atoms with Crippen molar-refractivity contribution >= 4 is 23.0 Å². The molecule has 2 aliphatic carbocycles. The number of nitrogens with zero attached hydrogens (tertiary/aromatic N) is 3. The molecule has 0 unspecified atom stereocenters. The Morgan fingerprint density at radius 2 is 1.66 bits per heavy atom. The number of fused-ring (bicyclic) bond motifs is 3. The number of aromatic hydroxyl groups is 2. The third-order valence-electron chi connectivity index (χ3n) is 10.6. The second kappa shape index (κ2) is 12.5. The molecule has 2 fully saturated rings. The summed E-state index contributed by atoms with van der Waals surface area (Å²) in [5, 5.41) is 67.3. The van der Waals surface area contributed by atoms with Crippen LogP contribution in [-0.4, -0.2) is 102 Å². The molecule has 14 nitrogen and oxygen atoms in total. The predicted molar refractivity (Wildman–Crippen MR) is 181 cm³/mol. The van der Waals surface area contributed by atoms with Crippen molar-refractivity contribution in [1.29, 1.82) is 0 Å². The lowest BCUT2D eigenvalue weighted by atomic mass is 9.71. The van der Waals surface area contributed by atoms with Gasteiger partial charge in [-0.3, -0.25) is 9.59 Å². The van der Waals surface area contributed by atoms with Crippen molar-refractivity contribution in [3.8, 4) is 17.2 Å². The summed E-state index contributed by atoms with van der Waals surface area (Å²) < 4.78 is 17.6.